The highest BCUT2D eigenvalue weighted by Crippen LogP contribution is 2.30. The van der Waals surface area contributed by atoms with Gasteiger partial charge in [0.05, 0.1) is 16.6 Å². The second-order valence-electron chi connectivity index (χ2n) is 4.10. The van der Waals surface area contributed by atoms with Gasteiger partial charge in [-0.25, -0.2) is 0 Å². The molecule has 6 heteroatoms. The minimum Gasteiger partial charge on any atom is -0.387 e. The molecule has 0 aliphatic heterocycles. The lowest BCUT2D eigenvalue weighted by Crippen LogP contribution is -2.04. The second kappa shape index (κ2) is 6.74. The van der Waals surface area contributed by atoms with Gasteiger partial charge in [-0.2, -0.15) is 0 Å². The van der Waals surface area contributed by atoms with E-state index in [0.29, 0.717) is 16.3 Å². The minimum atomic E-state index is -0.902. The standard InChI is InChI=1S/C14H12ClNO3S/c15-10-4-3-5-11(8-10)20-9-14(17)12-6-1-2-7-13(12)16(18)19/h1-8,14,17H,9H2. The van der Waals surface area contributed by atoms with E-state index in [4.69, 9.17) is 11.6 Å². The first-order chi connectivity index (χ1) is 9.58. The molecule has 1 atom stereocenters. The Balaban J connectivity index is 2.09. The van der Waals surface area contributed by atoms with Gasteiger partial charge in [0.15, 0.2) is 0 Å². The van der Waals surface area contributed by atoms with Crippen LogP contribution in [0.1, 0.15) is 11.7 Å². The minimum absolute atomic E-state index is 0.0632. The lowest BCUT2D eigenvalue weighted by molar-refractivity contribution is -0.386. The Bertz CT molecular complexity index is 621. The maximum absolute atomic E-state index is 10.9. The SMILES string of the molecule is O=[N+]([O-])c1ccccc1C(O)CSc1cccc(Cl)c1. The van der Waals surface area contributed by atoms with Crippen molar-refractivity contribution in [3.05, 3.63) is 69.2 Å². The molecule has 0 fully saturated rings. The molecule has 0 radical (unpaired) electrons. The number of nitro benzene ring substituents is 1. The fourth-order valence-electron chi connectivity index (χ4n) is 1.76. The summed E-state index contributed by atoms with van der Waals surface area (Å²) in [5, 5.41) is 21.7. The van der Waals surface area contributed by atoms with Crippen LogP contribution in [0.2, 0.25) is 5.02 Å². The van der Waals surface area contributed by atoms with E-state index in [9.17, 15) is 15.2 Å². The Hall–Kier alpha value is -1.56. The van der Waals surface area contributed by atoms with E-state index >= 15 is 0 Å². The molecule has 1 N–H and O–H groups in total. The fourth-order valence-corrected chi connectivity index (χ4v) is 2.93. The number of benzene rings is 2. The van der Waals surface area contributed by atoms with E-state index in [0.717, 1.165) is 4.90 Å². The third-order valence-electron chi connectivity index (χ3n) is 2.70. The summed E-state index contributed by atoms with van der Waals surface area (Å²) in [4.78, 5) is 11.3. The number of nitrogens with zero attached hydrogens (tertiary/aromatic N) is 1. The van der Waals surface area contributed by atoms with Crippen molar-refractivity contribution in [1.29, 1.82) is 0 Å². The van der Waals surface area contributed by atoms with Gasteiger partial charge in [0, 0.05) is 21.7 Å². The van der Waals surface area contributed by atoms with Crippen LogP contribution in [0.5, 0.6) is 0 Å². The summed E-state index contributed by atoms with van der Waals surface area (Å²) in [7, 11) is 0. The monoisotopic (exact) mass is 309 g/mol. The van der Waals surface area contributed by atoms with Gasteiger partial charge in [0.1, 0.15) is 0 Å². The van der Waals surface area contributed by atoms with Gasteiger partial charge in [-0.1, -0.05) is 29.8 Å². The summed E-state index contributed by atoms with van der Waals surface area (Å²) < 4.78 is 0. The third kappa shape index (κ3) is 3.72. The summed E-state index contributed by atoms with van der Waals surface area (Å²) in [6.45, 7) is 0. The van der Waals surface area contributed by atoms with Crippen LogP contribution in [0, 0.1) is 10.1 Å². The van der Waals surface area contributed by atoms with Crippen LogP contribution in [-0.4, -0.2) is 15.8 Å². The van der Waals surface area contributed by atoms with Crippen molar-refractivity contribution in [2.75, 3.05) is 5.75 Å². The highest BCUT2D eigenvalue weighted by atomic mass is 35.5. The molecule has 0 aromatic heterocycles. The third-order valence-corrected chi connectivity index (χ3v) is 4.00. The topological polar surface area (TPSA) is 63.4 Å². The predicted octanol–water partition coefficient (Wildman–Crippen LogP) is 4.07. The van der Waals surface area contributed by atoms with Gasteiger partial charge >= 0.3 is 0 Å². The number of thioether (sulfide) groups is 1. The molecule has 2 rings (SSSR count). The van der Waals surface area contributed by atoms with Crippen molar-refractivity contribution in [2.24, 2.45) is 0 Å². The quantitative estimate of drug-likeness (QED) is 0.513. The Morgan fingerprint density at radius 1 is 1.25 bits per heavy atom. The first kappa shape index (κ1) is 14.8. The van der Waals surface area contributed by atoms with Gasteiger partial charge in [0.25, 0.3) is 5.69 Å². The largest absolute Gasteiger partial charge is 0.387 e. The van der Waals surface area contributed by atoms with Crippen LogP contribution >= 0.6 is 23.4 Å². The first-order valence-corrected chi connectivity index (χ1v) is 7.24. The summed E-state index contributed by atoms with van der Waals surface area (Å²) in [6, 6.07) is 13.5. The number of rotatable bonds is 5. The molecule has 104 valence electrons. The highest BCUT2D eigenvalue weighted by Gasteiger charge is 2.19. The smallest absolute Gasteiger partial charge is 0.275 e. The Kier molecular flexibility index (Phi) is 5.00. The van der Waals surface area contributed by atoms with Crippen LogP contribution in [0.15, 0.2) is 53.4 Å². The Morgan fingerprint density at radius 3 is 2.70 bits per heavy atom. The van der Waals surface area contributed by atoms with Gasteiger partial charge in [0.2, 0.25) is 0 Å². The van der Waals surface area contributed by atoms with Crippen molar-refractivity contribution in [3.63, 3.8) is 0 Å². The van der Waals surface area contributed by atoms with E-state index < -0.39 is 11.0 Å². The zero-order valence-electron chi connectivity index (χ0n) is 10.4. The summed E-state index contributed by atoms with van der Waals surface area (Å²) >= 11 is 7.28. The molecule has 0 saturated heterocycles. The number of aliphatic hydroxyl groups is 1. The van der Waals surface area contributed by atoms with Crippen LogP contribution in [0.25, 0.3) is 0 Å². The first-order valence-electron chi connectivity index (χ1n) is 5.87. The molecule has 0 spiro atoms. The van der Waals surface area contributed by atoms with Crippen LogP contribution in [0.3, 0.4) is 0 Å². The zero-order chi connectivity index (χ0) is 14.5. The second-order valence-corrected chi connectivity index (χ2v) is 5.63. The molecule has 20 heavy (non-hydrogen) atoms. The van der Waals surface area contributed by atoms with Crippen molar-refractivity contribution in [3.8, 4) is 0 Å². The molecule has 0 saturated carbocycles. The highest BCUT2D eigenvalue weighted by molar-refractivity contribution is 7.99. The van der Waals surface area contributed by atoms with Gasteiger partial charge < -0.3 is 5.11 Å². The normalized spacial score (nSPS) is 12.1. The fraction of sp³-hybridized carbons (Fsp3) is 0.143. The number of nitro groups is 1. The zero-order valence-corrected chi connectivity index (χ0v) is 12.0. The average Bonchev–Trinajstić information content (AvgIpc) is 2.45. The maximum atomic E-state index is 10.9. The summed E-state index contributed by atoms with van der Waals surface area (Å²) in [5.41, 5.74) is 0.263. The van der Waals surface area contributed by atoms with Gasteiger partial charge in [-0.05, 0) is 24.3 Å². The molecule has 2 aromatic carbocycles. The molecule has 0 heterocycles. The number of halogens is 1. The van der Waals surface area contributed by atoms with Crippen LogP contribution in [-0.2, 0) is 0 Å². The lowest BCUT2D eigenvalue weighted by Gasteiger charge is -2.11. The number of para-hydroxylation sites is 1. The molecule has 1 unspecified atom stereocenters. The lowest BCUT2D eigenvalue weighted by atomic mass is 10.1. The predicted molar refractivity (Wildman–Crippen MR) is 80.2 cm³/mol. The number of hydrogen-bond acceptors (Lipinski definition) is 4. The number of aliphatic hydroxyl groups excluding tert-OH is 1. The summed E-state index contributed by atoms with van der Waals surface area (Å²) in [6.07, 6.45) is -0.902. The van der Waals surface area contributed by atoms with E-state index in [1.165, 1.54) is 17.8 Å². The molecule has 0 aliphatic carbocycles. The molecule has 2 aromatic rings. The average molecular weight is 310 g/mol. The van der Waals surface area contributed by atoms with E-state index in [1.807, 2.05) is 12.1 Å². The molecular formula is C14H12ClNO3S. The molecular weight excluding hydrogens is 298 g/mol. The Labute approximate surface area is 125 Å². The van der Waals surface area contributed by atoms with Crippen molar-refractivity contribution < 1.29 is 10.0 Å². The Morgan fingerprint density at radius 2 is 2.00 bits per heavy atom. The maximum Gasteiger partial charge on any atom is 0.275 e. The molecule has 0 aliphatic rings. The molecule has 0 bridgehead atoms. The van der Waals surface area contributed by atoms with Crippen molar-refractivity contribution in [2.45, 2.75) is 11.0 Å². The molecule has 0 amide bonds. The van der Waals surface area contributed by atoms with Crippen molar-refractivity contribution >= 4 is 29.1 Å². The molecule has 4 nitrogen and oxygen atoms in total. The van der Waals surface area contributed by atoms with Gasteiger partial charge in [-0.15, -0.1) is 11.8 Å². The van der Waals surface area contributed by atoms with Gasteiger partial charge in [-0.3, -0.25) is 10.1 Å². The van der Waals surface area contributed by atoms with Crippen LogP contribution < -0.4 is 0 Å². The van der Waals surface area contributed by atoms with Crippen molar-refractivity contribution in [1.82, 2.24) is 0 Å². The van der Waals surface area contributed by atoms with Crippen LogP contribution in [0.4, 0.5) is 5.69 Å². The number of hydrogen-bond donors (Lipinski definition) is 1. The van der Waals surface area contributed by atoms with E-state index in [1.54, 1.807) is 30.3 Å². The van der Waals surface area contributed by atoms with E-state index in [2.05, 4.69) is 0 Å². The summed E-state index contributed by atoms with van der Waals surface area (Å²) in [5.74, 6) is 0.325. The van der Waals surface area contributed by atoms with E-state index in [-0.39, 0.29) is 5.69 Å².